The van der Waals surface area contributed by atoms with E-state index in [1.807, 2.05) is 0 Å². The Morgan fingerprint density at radius 3 is 2.81 bits per heavy atom. The molecule has 1 amide bonds. The molecule has 32 heavy (non-hydrogen) atoms. The number of nitro groups is 1. The fourth-order valence-corrected chi connectivity index (χ4v) is 4.54. The van der Waals surface area contributed by atoms with Crippen molar-refractivity contribution in [2.45, 2.75) is 0 Å². The minimum absolute atomic E-state index is 0.00953. The van der Waals surface area contributed by atoms with Crippen LogP contribution in [-0.4, -0.2) is 60.0 Å². The maximum Gasteiger partial charge on any atom is 0.270 e. The molecule has 0 radical (unpaired) electrons. The lowest BCUT2D eigenvalue weighted by molar-refractivity contribution is -0.384. The molecule has 0 unspecified atom stereocenters. The Morgan fingerprint density at radius 2 is 2.03 bits per heavy atom. The summed E-state index contributed by atoms with van der Waals surface area (Å²) in [4.78, 5) is 31.5. The van der Waals surface area contributed by atoms with Gasteiger partial charge in [0.25, 0.3) is 5.69 Å². The zero-order valence-electron chi connectivity index (χ0n) is 17.2. The number of benzene rings is 2. The van der Waals surface area contributed by atoms with Gasteiger partial charge in [-0.05, 0) is 29.8 Å². The van der Waals surface area contributed by atoms with Gasteiger partial charge in [-0.3, -0.25) is 19.8 Å². The number of fused-ring (bicyclic) bond motifs is 1. The average molecular weight is 456 g/mol. The molecule has 1 saturated heterocycles. The van der Waals surface area contributed by atoms with Crippen LogP contribution in [0.5, 0.6) is 0 Å². The third kappa shape index (κ3) is 5.45. The minimum atomic E-state index is -0.464. The number of amides is 1. The number of hydrogen-bond donors (Lipinski definition) is 1. The summed E-state index contributed by atoms with van der Waals surface area (Å²) in [5.74, 6) is -0.489. The third-order valence-corrected chi connectivity index (χ3v) is 6.30. The van der Waals surface area contributed by atoms with E-state index in [0.29, 0.717) is 12.1 Å². The number of anilines is 1. The lowest BCUT2D eigenvalue weighted by Crippen LogP contribution is -2.48. The molecule has 0 saturated carbocycles. The zero-order chi connectivity index (χ0) is 22.5. The van der Waals surface area contributed by atoms with E-state index in [0.717, 1.165) is 48.1 Å². The second-order valence-electron chi connectivity index (χ2n) is 7.41. The molecule has 166 valence electrons. The first-order chi connectivity index (χ1) is 15.5. The lowest BCUT2D eigenvalue weighted by Gasteiger charge is -2.34. The molecule has 2 heterocycles. The van der Waals surface area contributed by atoms with E-state index in [2.05, 4.69) is 20.1 Å². The molecule has 0 bridgehead atoms. The maximum atomic E-state index is 13.4. The smallest absolute Gasteiger partial charge is 0.270 e. The van der Waals surface area contributed by atoms with Crippen LogP contribution >= 0.6 is 11.3 Å². The molecule has 3 aromatic rings. The number of hydrogen-bond acceptors (Lipinski definition) is 7. The van der Waals surface area contributed by atoms with Gasteiger partial charge in [-0.1, -0.05) is 23.5 Å². The highest BCUT2D eigenvalue weighted by Gasteiger charge is 2.19. The third-order valence-electron chi connectivity index (χ3n) is 5.22. The van der Waals surface area contributed by atoms with E-state index in [1.54, 1.807) is 24.3 Å². The number of carbonyl (C=O) groups is 1. The number of nitro benzene ring substituents is 1. The van der Waals surface area contributed by atoms with Crippen molar-refractivity contribution in [2.75, 3.05) is 44.2 Å². The van der Waals surface area contributed by atoms with Crippen molar-refractivity contribution < 1.29 is 14.1 Å². The van der Waals surface area contributed by atoms with Gasteiger partial charge < -0.3 is 10.2 Å². The SMILES string of the molecule is O=C(/C=C/c1cccc([N+](=O)[O-])c1)NCCN1CCN(c2nc3ccc(F)cc3s2)CC1. The van der Waals surface area contributed by atoms with E-state index in [4.69, 9.17) is 0 Å². The summed E-state index contributed by atoms with van der Waals surface area (Å²) >= 11 is 1.50. The van der Waals surface area contributed by atoms with Crippen LogP contribution in [0.3, 0.4) is 0 Å². The Labute approximate surface area is 188 Å². The topological polar surface area (TPSA) is 91.6 Å². The van der Waals surface area contributed by atoms with E-state index >= 15 is 0 Å². The van der Waals surface area contributed by atoms with Crippen molar-refractivity contribution in [1.82, 2.24) is 15.2 Å². The monoisotopic (exact) mass is 455 g/mol. The summed E-state index contributed by atoms with van der Waals surface area (Å²) in [6.45, 7) is 4.59. The number of aromatic nitrogens is 1. The largest absolute Gasteiger partial charge is 0.351 e. The highest BCUT2D eigenvalue weighted by atomic mass is 32.1. The number of nitrogens with zero attached hydrogens (tertiary/aromatic N) is 4. The molecular weight excluding hydrogens is 433 g/mol. The molecule has 1 aliphatic rings. The van der Waals surface area contributed by atoms with Crippen molar-refractivity contribution in [3.05, 3.63) is 70.0 Å². The molecule has 8 nitrogen and oxygen atoms in total. The first-order valence-electron chi connectivity index (χ1n) is 10.2. The fraction of sp³-hybridized carbons (Fsp3) is 0.273. The first-order valence-corrected chi connectivity index (χ1v) is 11.0. The van der Waals surface area contributed by atoms with Gasteiger partial charge in [0, 0.05) is 57.5 Å². The minimum Gasteiger partial charge on any atom is -0.351 e. The van der Waals surface area contributed by atoms with Crippen molar-refractivity contribution in [3.63, 3.8) is 0 Å². The molecule has 1 aromatic heterocycles. The van der Waals surface area contributed by atoms with Gasteiger partial charge in [0.15, 0.2) is 5.13 Å². The Balaban J connectivity index is 1.20. The van der Waals surface area contributed by atoms with Gasteiger partial charge in [-0.15, -0.1) is 0 Å². The van der Waals surface area contributed by atoms with Crippen LogP contribution < -0.4 is 10.2 Å². The molecule has 1 fully saturated rings. The van der Waals surface area contributed by atoms with E-state index in [-0.39, 0.29) is 17.4 Å². The second-order valence-corrected chi connectivity index (χ2v) is 8.42. The van der Waals surface area contributed by atoms with Crippen LogP contribution in [0.2, 0.25) is 0 Å². The predicted molar refractivity (Wildman–Crippen MR) is 123 cm³/mol. The number of halogens is 1. The van der Waals surface area contributed by atoms with Crippen LogP contribution in [0.4, 0.5) is 15.2 Å². The van der Waals surface area contributed by atoms with E-state index < -0.39 is 4.92 Å². The number of nitrogens with one attached hydrogen (secondary N) is 1. The fourth-order valence-electron chi connectivity index (χ4n) is 3.49. The van der Waals surface area contributed by atoms with Gasteiger partial charge in [0.1, 0.15) is 5.82 Å². The molecule has 0 atom stereocenters. The lowest BCUT2D eigenvalue weighted by atomic mass is 10.2. The summed E-state index contributed by atoms with van der Waals surface area (Å²) in [6, 6.07) is 10.8. The van der Waals surface area contributed by atoms with Crippen LogP contribution in [0, 0.1) is 15.9 Å². The van der Waals surface area contributed by atoms with Gasteiger partial charge >= 0.3 is 0 Å². The summed E-state index contributed by atoms with van der Waals surface area (Å²) < 4.78 is 14.2. The number of piperazine rings is 1. The Morgan fingerprint density at radius 1 is 1.22 bits per heavy atom. The number of carbonyl (C=O) groups excluding carboxylic acids is 1. The highest BCUT2D eigenvalue weighted by Crippen LogP contribution is 2.29. The van der Waals surface area contributed by atoms with Crippen LogP contribution in [0.1, 0.15) is 5.56 Å². The molecule has 0 aliphatic carbocycles. The van der Waals surface area contributed by atoms with Crippen LogP contribution in [0.25, 0.3) is 16.3 Å². The molecule has 2 aromatic carbocycles. The van der Waals surface area contributed by atoms with Crippen molar-refractivity contribution in [3.8, 4) is 0 Å². The highest BCUT2D eigenvalue weighted by molar-refractivity contribution is 7.22. The predicted octanol–water partition coefficient (Wildman–Crippen LogP) is 3.30. The zero-order valence-corrected chi connectivity index (χ0v) is 18.1. The standard InChI is InChI=1S/C22H22FN5O3S/c23-17-5-6-19-20(15-17)32-22(25-19)27-12-10-26(11-13-27)9-8-24-21(29)7-4-16-2-1-3-18(14-16)28(30)31/h1-7,14-15H,8-13H2,(H,24,29)/b7-4+. The van der Waals surface area contributed by atoms with Crippen molar-refractivity contribution in [1.29, 1.82) is 0 Å². The van der Waals surface area contributed by atoms with Crippen LogP contribution in [0.15, 0.2) is 48.5 Å². The molecule has 0 spiro atoms. The van der Waals surface area contributed by atoms with Gasteiger partial charge in [-0.25, -0.2) is 9.37 Å². The summed E-state index contributed by atoms with van der Waals surface area (Å²) in [7, 11) is 0. The second kappa shape index (κ2) is 9.84. The van der Waals surface area contributed by atoms with E-state index in [9.17, 15) is 19.3 Å². The van der Waals surface area contributed by atoms with E-state index in [1.165, 1.54) is 41.7 Å². The summed E-state index contributed by atoms with van der Waals surface area (Å²) in [6.07, 6.45) is 2.94. The normalized spacial score (nSPS) is 14.8. The molecule has 1 aliphatic heterocycles. The Kier molecular flexibility index (Phi) is 6.72. The van der Waals surface area contributed by atoms with Gasteiger partial charge in [-0.2, -0.15) is 0 Å². The molecular formula is C22H22FN5O3S. The van der Waals surface area contributed by atoms with Crippen molar-refractivity contribution in [2.24, 2.45) is 0 Å². The maximum absolute atomic E-state index is 13.4. The average Bonchev–Trinajstić information content (AvgIpc) is 3.21. The Bertz CT molecular complexity index is 1160. The van der Waals surface area contributed by atoms with Crippen molar-refractivity contribution >= 4 is 44.4 Å². The summed E-state index contributed by atoms with van der Waals surface area (Å²) in [5, 5.41) is 14.6. The quantitative estimate of drug-likeness (QED) is 0.334. The first kappa shape index (κ1) is 21.8. The van der Waals surface area contributed by atoms with Crippen LogP contribution in [-0.2, 0) is 4.79 Å². The number of thiazole rings is 1. The molecule has 4 rings (SSSR count). The Hall–Kier alpha value is -3.37. The number of rotatable bonds is 7. The van der Waals surface area contributed by atoms with Gasteiger partial charge in [0.2, 0.25) is 5.91 Å². The molecule has 10 heteroatoms. The summed E-state index contributed by atoms with van der Waals surface area (Å²) in [5.41, 5.74) is 1.41. The molecule has 1 N–H and O–H groups in total. The van der Waals surface area contributed by atoms with Gasteiger partial charge in [0.05, 0.1) is 15.1 Å². The number of non-ortho nitro benzene ring substituents is 1.